The highest BCUT2D eigenvalue weighted by molar-refractivity contribution is 6.00. The van der Waals surface area contributed by atoms with Gasteiger partial charge in [0.25, 0.3) is 0 Å². The lowest BCUT2D eigenvalue weighted by Gasteiger charge is -2.04. The molecule has 0 unspecified atom stereocenters. The fourth-order valence-corrected chi connectivity index (χ4v) is 2.20. The minimum absolute atomic E-state index is 0.108. The second-order valence-electron chi connectivity index (χ2n) is 3.66. The van der Waals surface area contributed by atoms with Gasteiger partial charge in [-0.2, -0.15) is 0 Å². The maximum absolute atomic E-state index is 11.2. The number of nitrogens with zero attached hydrogens (tertiary/aromatic N) is 1. The molecule has 0 saturated carbocycles. The molecule has 1 amide bonds. The molecule has 1 aromatic rings. The fourth-order valence-electron chi connectivity index (χ4n) is 2.20. The predicted octanol–water partition coefficient (Wildman–Crippen LogP) is 2.09. The zero-order chi connectivity index (χ0) is 10.8. The van der Waals surface area contributed by atoms with E-state index < -0.39 is 0 Å². The van der Waals surface area contributed by atoms with Crippen LogP contribution >= 0.6 is 0 Å². The number of carbonyl (C=O) groups excluding carboxylic acids is 1. The minimum atomic E-state index is 0.108. The number of amides is 1. The van der Waals surface area contributed by atoms with Crippen molar-refractivity contribution < 1.29 is 4.79 Å². The molecule has 2 aliphatic rings. The van der Waals surface area contributed by atoms with Crippen LogP contribution in [0.2, 0.25) is 0 Å². The largest absolute Gasteiger partial charge is 0.325 e. The van der Waals surface area contributed by atoms with Gasteiger partial charge in [-0.3, -0.25) is 9.78 Å². The summed E-state index contributed by atoms with van der Waals surface area (Å²) in [6.07, 6.45) is 5.67. The number of aromatic nitrogens is 1. The third kappa shape index (κ3) is 1.62. The van der Waals surface area contributed by atoms with E-state index in [4.69, 9.17) is 0 Å². The Hall–Kier alpha value is -1.38. The maximum Gasteiger partial charge on any atom is 0.228 e. The molecule has 2 heterocycles. The second kappa shape index (κ2) is 4.01. The zero-order valence-electron chi connectivity index (χ0n) is 9.26. The van der Waals surface area contributed by atoms with Crippen LogP contribution in [-0.2, 0) is 24.1 Å². The van der Waals surface area contributed by atoms with Gasteiger partial charge in [-0.15, -0.1) is 0 Å². The predicted molar refractivity (Wildman–Crippen MR) is 59.9 cm³/mol. The number of fused-ring (bicyclic) bond motifs is 3. The molecule has 1 aliphatic heterocycles. The molecule has 3 rings (SSSR count). The topological polar surface area (TPSA) is 42.0 Å². The Morgan fingerprint density at radius 3 is 2.93 bits per heavy atom. The summed E-state index contributed by atoms with van der Waals surface area (Å²) < 4.78 is 0. The quantitative estimate of drug-likeness (QED) is 0.703. The molecule has 0 saturated heterocycles. The number of rotatable bonds is 0. The molecule has 0 atom stereocenters. The van der Waals surface area contributed by atoms with E-state index in [0.29, 0.717) is 6.42 Å². The van der Waals surface area contributed by atoms with E-state index in [9.17, 15) is 4.79 Å². The second-order valence-corrected chi connectivity index (χ2v) is 3.66. The van der Waals surface area contributed by atoms with Crippen LogP contribution in [0.3, 0.4) is 0 Å². The molecule has 0 aromatic carbocycles. The van der Waals surface area contributed by atoms with Crippen molar-refractivity contribution in [2.75, 3.05) is 5.32 Å². The molecular weight excluding hydrogens is 188 g/mol. The SMILES string of the molecule is CC.O=C1Cc2cnc3c(c2N1)CCC3. The first-order valence-corrected chi connectivity index (χ1v) is 5.64. The molecular formula is C12H16N2O. The number of carbonyl (C=O) groups is 1. The van der Waals surface area contributed by atoms with E-state index in [1.165, 1.54) is 17.7 Å². The van der Waals surface area contributed by atoms with Crippen molar-refractivity contribution in [3.8, 4) is 0 Å². The van der Waals surface area contributed by atoms with Crippen molar-refractivity contribution in [3.63, 3.8) is 0 Å². The highest BCUT2D eigenvalue weighted by Gasteiger charge is 2.25. The maximum atomic E-state index is 11.2. The van der Waals surface area contributed by atoms with Gasteiger partial charge in [0.15, 0.2) is 0 Å². The molecule has 3 heteroatoms. The fraction of sp³-hybridized carbons (Fsp3) is 0.500. The van der Waals surface area contributed by atoms with E-state index in [-0.39, 0.29) is 5.91 Å². The van der Waals surface area contributed by atoms with Crippen molar-refractivity contribution in [1.29, 1.82) is 0 Å². The third-order valence-corrected chi connectivity index (χ3v) is 2.80. The minimum Gasteiger partial charge on any atom is -0.325 e. The number of anilines is 1. The van der Waals surface area contributed by atoms with Gasteiger partial charge < -0.3 is 5.32 Å². The van der Waals surface area contributed by atoms with E-state index >= 15 is 0 Å². The van der Waals surface area contributed by atoms with Gasteiger partial charge in [-0.05, 0) is 24.8 Å². The summed E-state index contributed by atoms with van der Waals surface area (Å²) in [5, 5.41) is 2.92. The molecule has 3 nitrogen and oxygen atoms in total. The van der Waals surface area contributed by atoms with E-state index in [0.717, 1.165) is 24.1 Å². The molecule has 80 valence electrons. The lowest BCUT2D eigenvalue weighted by atomic mass is 10.1. The Morgan fingerprint density at radius 2 is 2.13 bits per heavy atom. The summed E-state index contributed by atoms with van der Waals surface area (Å²) >= 11 is 0. The highest BCUT2D eigenvalue weighted by atomic mass is 16.1. The number of pyridine rings is 1. The summed E-state index contributed by atoms with van der Waals surface area (Å²) in [5.74, 6) is 0.108. The summed E-state index contributed by atoms with van der Waals surface area (Å²) in [4.78, 5) is 15.5. The molecule has 0 fully saturated rings. The summed E-state index contributed by atoms with van der Waals surface area (Å²) in [6, 6.07) is 0. The Labute approximate surface area is 89.9 Å². The average molecular weight is 204 g/mol. The van der Waals surface area contributed by atoms with Gasteiger partial charge in [0.05, 0.1) is 12.1 Å². The van der Waals surface area contributed by atoms with Crippen molar-refractivity contribution in [2.45, 2.75) is 39.5 Å². The monoisotopic (exact) mass is 204 g/mol. The van der Waals surface area contributed by atoms with Crippen LogP contribution in [-0.4, -0.2) is 10.9 Å². The van der Waals surface area contributed by atoms with Gasteiger partial charge in [0.1, 0.15) is 0 Å². The smallest absolute Gasteiger partial charge is 0.228 e. The summed E-state index contributed by atoms with van der Waals surface area (Å²) in [7, 11) is 0. The zero-order valence-corrected chi connectivity index (χ0v) is 9.26. The Balaban J connectivity index is 0.000000404. The van der Waals surface area contributed by atoms with Gasteiger partial charge in [-0.1, -0.05) is 13.8 Å². The van der Waals surface area contributed by atoms with Crippen molar-refractivity contribution in [3.05, 3.63) is 23.0 Å². The van der Waals surface area contributed by atoms with E-state index in [2.05, 4.69) is 10.3 Å². The number of hydrogen-bond donors (Lipinski definition) is 1. The van der Waals surface area contributed by atoms with Crippen LogP contribution < -0.4 is 5.32 Å². The van der Waals surface area contributed by atoms with Crippen molar-refractivity contribution in [1.82, 2.24) is 4.98 Å². The van der Waals surface area contributed by atoms with Gasteiger partial charge in [-0.25, -0.2) is 0 Å². The Kier molecular flexibility index (Phi) is 2.71. The van der Waals surface area contributed by atoms with E-state index in [1.54, 1.807) is 0 Å². The first-order valence-electron chi connectivity index (χ1n) is 5.64. The lowest BCUT2D eigenvalue weighted by molar-refractivity contribution is -0.115. The van der Waals surface area contributed by atoms with Crippen LogP contribution in [0, 0.1) is 0 Å². The van der Waals surface area contributed by atoms with Crippen LogP contribution in [0.4, 0.5) is 5.69 Å². The number of nitrogens with one attached hydrogen (secondary N) is 1. The van der Waals surface area contributed by atoms with Gasteiger partial charge in [0.2, 0.25) is 5.91 Å². The van der Waals surface area contributed by atoms with Crippen LogP contribution in [0.1, 0.15) is 37.1 Å². The summed E-state index contributed by atoms with van der Waals surface area (Å²) in [6.45, 7) is 4.00. The van der Waals surface area contributed by atoms with Crippen molar-refractivity contribution >= 4 is 11.6 Å². The highest BCUT2D eigenvalue weighted by Crippen LogP contribution is 2.33. The molecule has 0 bridgehead atoms. The summed E-state index contributed by atoms with van der Waals surface area (Å²) in [5.41, 5.74) is 4.60. The third-order valence-electron chi connectivity index (χ3n) is 2.80. The molecule has 0 spiro atoms. The number of hydrogen-bond acceptors (Lipinski definition) is 2. The number of aryl methyl sites for hydroxylation is 1. The standard InChI is InChI=1S/C10H10N2O.C2H6/c13-9-4-6-5-11-8-3-1-2-7(8)10(6)12-9;1-2/h5H,1-4H2,(H,12,13);1-2H3. The lowest BCUT2D eigenvalue weighted by Crippen LogP contribution is -2.04. The molecule has 1 aromatic heterocycles. The molecule has 15 heavy (non-hydrogen) atoms. The van der Waals surface area contributed by atoms with Gasteiger partial charge in [0, 0.05) is 17.5 Å². The molecule has 1 N–H and O–H groups in total. The van der Waals surface area contributed by atoms with Crippen LogP contribution in [0.15, 0.2) is 6.20 Å². The Morgan fingerprint density at radius 1 is 1.33 bits per heavy atom. The van der Waals surface area contributed by atoms with E-state index in [1.807, 2.05) is 20.0 Å². The first kappa shape index (κ1) is 10.1. The average Bonchev–Trinajstić information content (AvgIpc) is 2.84. The van der Waals surface area contributed by atoms with Crippen molar-refractivity contribution in [2.24, 2.45) is 0 Å². The Bertz CT molecular complexity index is 399. The molecule has 0 radical (unpaired) electrons. The van der Waals surface area contributed by atoms with Crippen LogP contribution in [0.5, 0.6) is 0 Å². The molecule has 1 aliphatic carbocycles. The van der Waals surface area contributed by atoms with Gasteiger partial charge >= 0.3 is 0 Å². The van der Waals surface area contributed by atoms with Crippen LogP contribution in [0.25, 0.3) is 0 Å². The normalized spacial score (nSPS) is 16.3. The first-order chi connectivity index (χ1) is 7.34.